The lowest BCUT2D eigenvalue weighted by atomic mass is 9.57. The van der Waals surface area contributed by atoms with Crippen LogP contribution in [0.3, 0.4) is 0 Å². The molecule has 1 aromatic rings. The highest BCUT2D eigenvalue weighted by Gasteiger charge is 2.59. The molecule has 2 N–H and O–H groups in total. The Morgan fingerprint density at radius 3 is 2.52 bits per heavy atom. The maximum atomic E-state index is 5.99. The van der Waals surface area contributed by atoms with Crippen molar-refractivity contribution in [2.45, 2.75) is 57.8 Å². The Labute approximate surface area is 197 Å². The molecule has 5 nitrogen and oxygen atoms in total. The molecule has 2 aliphatic heterocycles. The summed E-state index contributed by atoms with van der Waals surface area (Å²) in [4.78, 5) is 7.03. The fourth-order valence-electron chi connectivity index (χ4n) is 5.21. The SMILES string of the molecule is CN=C(NC1CCN(Cc2ccc(Cl)cc2)CC1)NC1C2CCOC2C1(C)C.I. The maximum absolute atomic E-state index is 5.99. The van der Waals surface area contributed by atoms with Crippen molar-refractivity contribution in [1.29, 1.82) is 0 Å². The summed E-state index contributed by atoms with van der Waals surface area (Å²) in [5.41, 5.74) is 1.50. The van der Waals surface area contributed by atoms with E-state index in [2.05, 4.69) is 46.5 Å². The average molecular weight is 533 g/mol. The third-order valence-electron chi connectivity index (χ3n) is 6.86. The van der Waals surface area contributed by atoms with Crippen LogP contribution in [-0.2, 0) is 11.3 Å². The van der Waals surface area contributed by atoms with Crippen molar-refractivity contribution < 1.29 is 4.74 Å². The molecule has 3 unspecified atom stereocenters. The number of fused-ring (bicyclic) bond motifs is 1. The summed E-state index contributed by atoms with van der Waals surface area (Å²) >= 11 is 5.99. The van der Waals surface area contributed by atoms with Crippen LogP contribution in [-0.4, -0.2) is 55.8 Å². The van der Waals surface area contributed by atoms with Gasteiger partial charge in [0.25, 0.3) is 0 Å². The minimum absolute atomic E-state index is 0. The predicted molar refractivity (Wildman–Crippen MR) is 130 cm³/mol. The van der Waals surface area contributed by atoms with Crippen LogP contribution in [0.25, 0.3) is 0 Å². The Morgan fingerprint density at radius 1 is 1.17 bits per heavy atom. The number of likely N-dealkylation sites (tertiary alicyclic amines) is 1. The highest BCUT2D eigenvalue weighted by atomic mass is 127. The highest BCUT2D eigenvalue weighted by molar-refractivity contribution is 14.0. The Hall–Kier alpha value is -0.570. The lowest BCUT2D eigenvalue weighted by molar-refractivity contribution is -0.106. The molecular formula is C22H34ClIN4O. The van der Waals surface area contributed by atoms with Gasteiger partial charge in [-0.2, -0.15) is 0 Å². The van der Waals surface area contributed by atoms with E-state index < -0.39 is 0 Å². The van der Waals surface area contributed by atoms with Crippen LogP contribution in [0, 0.1) is 11.3 Å². The Morgan fingerprint density at radius 2 is 1.86 bits per heavy atom. The molecule has 0 amide bonds. The van der Waals surface area contributed by atoms with Crippen molar-refractivity contribution in [2.24, 2.45) is 16.3 Å². The molecule has 0 radical (unpaired) electrons. The monoisotopic (exact) mass is 532 g/mol. The number of hydrogen-bond donors (Lipinski definition) is 2. The third-order valence-corrected chi connectivity index (χ3v) is 7.12. The van der Waals surface area contributed by atoms with E-state index in [4.69, 9.17) is 16.3 Å². The standard InChI is InChI=1S/C22H33ClN4O.HI/c1-22(2)19(18-10-13-28-20(18)22)26-21(24-3)25-17-8-11-27(12-9-17)14-15-4-6-16(23)7-5-15;/h4-7,17-20H,8-14H2,1-3H3,(H2,24,25,26);1H. The van der Waals surface area contributed by atoms with Crippen molar-refractivity contribution in [3.8, 4) is 0 Å². The van der Waals surface area contributed by atoms with E-state index in [1.165, 1.54) is 5.56 Å². The largest absolute Gasteiger partial charge is 0.377 e. The van der Waals surface area contributed by atoms with Crippen LogP contribution in [0.1, 0.15) is 38.7 Å². The number of piperidine rings is 1. The molecule has 29 heavy (non-hydrogen) atoms. The van der Waals surface area contributed by atoms with Crippen molar-refractivity contribution in [1.82, 2.24) is 15.5 Å². The predicted octanol–water partition coefficient (Wildman–Crippen LogP) is 3.90. The maximum Gasteiger partial charge on any atom is 0.191 e. The first-order chi connectivity index (χ1) is 13.5. The molecule has 3 fully saturated rings. The molecule has 2 saturated heterocycles. The average Bonchev–Trinajstić information content (AvgIpc) is 3.15. The van der Waals surface area contributed by atoms with Crippen molar-refractivity contribution >= 4 is 41.5 Å². The second-order valence-corrected chi connectivity index (χ2v) is 9.52. The molecule has 1 aromatic carbocycles. The summed E-state index contributed by atoms with van der Waals surface area (Å²) in [5.74, 6) is 1.56. The molecule has 2 heterocycles. The van der Waals surface area contributed by atoms with Gasteiger partial charge >= 0.3 is 0 Å². The van der Waals surface area contributed by atoms with Gasteiger partial charge in [-0.05, 0) is 37.0 Å². The van der Waals surface area contributed by atoms with Gasteiger partial charge in [-0.3, -0.25) is 9.89 Å². The van der Waals surface area contributed by atoms with Crippen LogP contribution in [0.4, 0.5) is 0 Å². The van der Waals surface area contributed by atoms with Crippen molar-refractivity contribution in [3.05, 3.63) is 34.9 Å². The minimum Gasteiger partial charge on any atom is -0.377 e. The summed E-state index contributed by atoms with van der Waals surface area (Å²) < 4.78 is 5.92. The molecule has 1 saturated carbocycles. The molecule has 0 bridgehead atoms. The first-order valence-corrected chi connectivity index (χ1v) is 10.9. The van der Waals surface area contributed by atoms with Gasteiger partial charge in [0.2, 0.25) is 0 Å². The van der Waals surface area contributed by atoms with Crippen molar-refractivity contribution in [2.75, 3.05) is 26.7 Å². The number of guanidine groups is 1. The molecule has 3 atom stereocenters. The number of aliphatic imine (C=N–C) groups is 1. The molecule has 7 heteroatoms. The zero-order chi connectivity index (χ0) is 19.7. The fraction of sp³-hybridized carbons (Fsp3) is 0.682. The van der Waals surface area contributed by atoms with Gasteiger partial charge in [0, 0.05) is 61.7 Å². The molecule has 0 aromatic heterocycles. The van der Waals surface area contributed by atoms with E-state index in [1.54, 1.807) is 0 Å². The number of nitrogens with zero attached hydrogens (tertiary/aromatic N) is 2. The fourth-order valence-corrected chi connectivity index (χ4v) is 5.34. The number of rotatable bonds is 4. The summed E-state index contributed by atoms with van der Waals surface area (Å²) in [6.45, 7) is 8.71. The number of ether oxygens (including phenoxy) is 1. The Balaban J connectivity index is 0.00000240. The van der Waals surface area contributed by atoms with Crippen LogP contribution < -0.4 is 10.6 Å². The van der Waals surface area contributed by atoms with Gasteiger partial charge < -0.3 is 15.4 Å². The van der Waals surface area contributed by atoms with Gasteiger partial charge in [0.1, 0.15) is 0 Å². The highest BCUT2D eigenvalue weighted by Crippen LogP contribution is 2.52. The number of nitrogens with one attached hydrogen (secondary N) is 2. The summed E-state index contributed by atoms with van der Waals surface area (Å²) in [5, 5.41) is 8.17. The van der Waals surface area contributed by atoms with E-state index in [9.17, 15) is 0 Å². The molecule has 1 aliphatic carbocycles. The van der Waals surface area contributed by atoms with E-state index in [-0.39, 0.29) is 29.4 Å². The molecule has 0 spiro atoms. The molecule has 4 rings (SSSR count). The van der Waals surface area contributed by atoms with Gasteiger partial charge in [-0.25, -0.2) is 0 Å². The number of halogens is 2. The van der Waals surface area contributed by atoms with Crippen LogP contribution in [0.2, 0.25) is 5.02 Å². The van der Waals surface area contributed by atoms with Crippen LogP contribution in [0.15, 0.2) is 29.3 Å². The van der Waals surface area contributed by atoms with Gasteiger partial charge in [0.15, 0.2) is 5.96 Å². The topological polar surface area (TPSA) is 48.9 Å². The molecular weight excluding hydrogens is 499 g/mol. The van der Waals surface area contributed by atoms with Crippen LogP contribution >= 0.6 is 35.6 Å². The van der Waals surface area contributed by atoms with E-state index in [0.29, 0.717) is 24.1 Å². The minimum atomic E-state index is 0. The smallest absolute Gasteiger partial charge is 0.191 e. The quantitative estimate of drug-likeness (QED) is 0.351. The van der Waals surface area contributed by atoms with Gasteiger partial charge in [-0.15, -0.1) is 24.0 Å². The Kier molecular flexibility index (Phi) is 7.73. The van der Waals surface area contributed by atoms with Crippen LogP contribution in [0.5, 0.6) is 0 Å². The zero-order valence-electron chi connectivity index (χ0n) is 17.7. The molecule has 162 valence electrons. The van der Waals surface area contributed by atoms with E-state index in [1.807, 2.05) is 19.2 Å². The summed E-state index contributed by atoms with van der Waals surface area (Å²) in [6.07, 6.45) is 3.83. The van der Waals surface area contributed by atoms with E-state index >= 15 is 0 Å². The zero-order valence-corrected chi connectivity index (χ0v) is 20.7. The number of benzene rings is 1. The first kappa shape index (κ1) is 23.1. The first-order valence-electron chi connectivity index (χ1n) is 10.6. The lowest BCUT2D eigenvalue weighted by Crippen LogP contribution is -2.68. The summed E-state index contributed by atoms with van der Waals surface area (Å²) in [6, 6.07) is 9.12. The normalized spacial score (nSPS) is 29.5. The van der Waals surface area contributed by atoms with E-state index in [0.717, 1.165) is 56.5 Å². The van der Waals surface area contributed by atoms with Gasteiger partial charge in [0.05, 0.1) is 6.10 Å². The lowest BCUT2D eigenvalue weighted by Gasteiger charge is -2.55. The third kappa shape index (κ3) is 5.02. The Bertz CT molecular complexity index is 703. The summed E-state index contributed by atoms with van der Waals surface area (Å²) in [7, 11) is 1.87. The number of hydrogen-bond acceptors (Lipinski definition) is 3. The second kappa shape index (κ2) is 9.71. The van der Waals surface area contributed by atoms with Crippen molar-refractivity contribution in [3.63, 3.8) is 0 Å². The van der Waals surface area contributed by atoms with Gasteiger partial charge in [-0.1, -0.05) is 37.6 Å². The molecule has 3 aliphatic rings. The second-order valence-electron chi connectivity index (χ2n) is 9.08.